The van der Waals surface area contributed by atoms with Crippen molar-refractivity contribution in [3.8, 4) is 0 Å². The third-order valence-electron chi connectivity index (χ3n) is 3.50. The number of aromatic nitrogens is 1. The molecule has 0 atom stereocenters. The number of pyridine rings is 1. The first-order chi connectivity index (χ1) is 10.6. The third-order valence-corrected chi connectivity index (χ3v) is 3.50. The van der Waals surface area contributed by atoms with Crippen molar-refractivity contribution in [3.05, 3.63) is 53.7 Å². The summed E-state index contributed by atoms with van der Waals surface area (Å²) in [5.41, 5.74) is 1.67. The molecule has 0 saturated heterocycles. The highest BCUT2D eigenvalue weighted by molar-refractivity contribution is 6.08. The summed E-state index contributed by atoms with van der Waals surface area (Å²) in [6.07, 6.45) is 3.88. The quantitative estimate of drug-likeness (QED) is 0.831. The number of ketones is 1. The van der Waals surface area contributed by atoms with Gasteiger partial charge in [-0.15, -0.1) is 0 Å². The fraction of sp³-hybridized carbons (Fsp3) is 0.235. The van der Waals surface area contributed by atoms with Gasteiger partial charge in [-0.05, 0) is 44.0 Å². The van der Waals surface area contributed by atoms with E-state index in [0.29, 0.717) is 28.7 Å². The van der Waals surface area contributed by atoms with Crippen LogP contribution >= 0.6 is 0 Å². The number of nitrogens with zero attached hydrogens (tertiary/aromatic N) is 1. The Labute approximate surface area is 128 Å². The van der Waals surface area contributed by atoms with Crippen LogP contribution in [0.15, 0.2) is 42.6 Å². The number of carbonyl (C=O) groups excluding carboxylic acids is 2. The minimum absolute atomic E-state index is 0.0337. The Kier molecular flexibility index (Phi) is 3.87. The molecule has 1 aliphatic rings. The maximum absolute atomic E-state index is 12.4. The molecule has 22 heavy (non-hydrogen) atoms. The number of carbonyl (C=O) groups is 2. The van der Waals surface area contributed by atoms with Gasteiger partial charge in [-0.1, -0.05) is 12.1 Å². The van der Waals surface area contributed by atoms with Gasteiger partial charge in [0.1, 0.15) is 5.82 Å². The predicted octanol–water partition coefficient (Wildman–Crippen LogP) is 3.11. The number of amides is 1. The van der Waals surface area contributed by atoms with Gasteiger partial charge in [0.2, 0.25) is 0 Å². The van der Waals surface area contributed by atoms with Crippen molar-refractivity contribution in [2.75, 3.05) is 10.6 Å². The average Bonchev–Trinajstić information content (AvgIpc) is 3.32. The topological polar surface area (TPSA) is 71.1 Å². The molecule has 0 bridgehead atoms. The average molecular weight is 295 g/mol. The van der Waals surface area contributed by atoms with Crippen LogP contribution in [0.25, 0.3) is 0 Å². The van der Waals surface area contributed by atoms with Crippen molar-refractivity contribution >= 4 is 23.2 Å². The first kappa shape index (κ1) is 14.3. The first-order valence-electron chi connectivity index (χ1n) is 7.27. The zero-order valence-electron chi connectivity index (χ0n) is 12.3. The minimum Gasteiger partial charge on any atom is -0.367 e. The van der Waals surface area contributed by atoms with E-state index >= 15 is 0 Å². The molecule has 1 aromatic carbocycles. The maximum Gasteiger partial charge on any atom is 0.259 e. The second-order valence-electron chi connectivity index (χ2n) is 5.41. The molecule has 0 aliphatic heterocycles. The van der Waals surface area contributed by atoms with Crippen LogP contribution in [0.4, 0.5) is 11.5 Å². The van der Waals surface area contributed by atoms with Gasteiger partial charge in [0.15, 0.2) is 5.78 Å². The van der Waals surface area contributed by atoms with Gasteiger partial charge >= 0.3 is 0 Å². The van der Waals surface area contributed by atoms with Crippen LogP contribution in [0.3, 0.4) is 0 Å². The van der Waals surface area contributed by atoms with Gasteiger partial charge < -0.3 is 10.6 Å². The van der Waals surface area contributed by atoms with E-state index in [4.69, 9.17) is 0 Å². The molecule has 5 nitrogen and oxygen atoms in total. The lowest BCUT2D eigenvalue weighted by Crippen LogP contribution is -2.16. The number of nitrogens with one attached hydrogen (secondary N) is 2. The van der Waals surface area contributed by atoms with Crippen molar-refractivity contribution in [1.29, 1.82) is 0 Å². The van der Waals surface area contributed by atoms with E-state index in [0.717, 1.165) is 12.8 Å². The van der Waals surface area contributed by atoms with E-state index in [-0.39, 0.29) is 11.7 Å². The summed E-state index contributed by atoms with van der Waals surface area (Å²) in [6, 6.07) is 10.8. The Hall–Kier alpha value is -2.69. The van der Waals surface area contributed by atoms with E-state index in [1.165, 1.54) is 6.92 Å². The van der Waals surface area contributed by atoms with Crippen LogP contribution in [0.1, 0.15) is 40.5 Å². The van der Waals surface area contributed by atoms with Crippen LogP contribution in [-0.2, 0) is 0 Å². The monoisotopic (exact) mass is 295 g/mol. The molecule has 112 valence electrons. The summed E-state index contributed by atoms with van der Waals surface area (Å²) >= 11 is 0. The number of anilines is 2. The van der Waals surface area contributed by atoms with E-state index in [1.807, 2.05) is 0 Å². The maximum atomic E-state index is 12.4. The number of hydrogen-bond donors (Lipinski definition) is 2. The molecule has 0 unspecified atom stereocenters. The second kappa shape index (κ2) is 5.97. The summed E-state index contributed by atoms with van der Waals surface area (Å²) in [6.45, 7) is 1.50. The van der Waals surface area contributed by atoms with E-state index in [9.17, 15) is 9.59 Å². The standard InChI is InChI=1S/C17H17N3O2/c1-11(21)12-4-2-5-14(10-12)20-17(22)15-6-3-9-18-16(15)19-13-7-8-13/h2-6,9-10,13H,7-8H2,1H3,(H,18,19)(H,20,22). The number of benzene rings is 1. The van der Waals surface area contributed by atoms with E-state index < -0.39 is 0 Å². The van der Waals surface area contributed by atoms with Crippen molar-refractivity contribution < 1.29 is 9.59 Å². The Morgan fingerprint density at radius 1 is 1.18 bits per heavy atom. The Morgan fingerprint density at radius 2 is 2.00 bits per heavy atom. The van der Waals surface area contributed by atoms with Crippen LogP contribution < -0.4 is 10.6 Å². The van der Waals surface area contributed by atoms with Gasteiger partial charge in [0, 0.05) is 23.5 Å². The SMILES string of the molecule is CC(=O)c1cccc(NC(=O)c2cccnc2NC2CC2)c1. The van der Waals surface area contributed by atoms with Crippen molar-refractivity contribution in [2.45, 2.75) is 25.8 Å². The molecule has 0 radical (unpaired) electrons. The molecule has 2 N–H and O–H groups in total. The Bertz CT molecular complexity index is 723. The third kappa shape index (κ3) is 3.31. The summed E-state index contributed by atoms with van der Waals surface area (Å²) in [5, 5.41) is 6.07. The van der Waals surface area contributed by atoms with Crippen LogP contribution in [0, 0.1) is 0 Å². The molecule has 2 aromatic rings. The summed E-state index contributed by atoms with van der Waals surface area (Å²) < 4.78 is 0. The summed E-state index contributed by atoms with van der Waals surface area (Å²) in [5.74, 6) is 0.329. The molecule has 1 amide bonds. The highest BCUT2D eigenvalue weighted by atomic mass is 16.1. The number of Topliss-reactive ketones (excluding diaryl/α,β-unsaturated/α-hetero) is 1. The molecular formula is C17H17N3O2. The largest absolute Gasteiger partial charge is 0.367 e. The lowest BCUT2D eigenvalue weighted by atomic mass is 10.1. The van der Waals surface area contributed by atoms with E-state index in [1.54, 1.807) is 42.6 Å². The lowest BCUT2D eigenvalue weighted by molar-refractivity contribution is 0.101. The zero-order valence-corrected chi connectivity index (χ0v) is 12.3. The van der Waals surface area contributed by atoms with Gasteiger partial charge in [0.25, 0.3) is 5.91 Å². The summed E-state index contributed by atoms with van der Waals surface area (Å²) in [7, 11) is 0. The van der Waals surface area contributed by atoms with Crippen molar-refractivity contribution in [3.63, 3.8) is 0 Å². The number of rotatable bonds is 5. The van der Waals surface area contributed by atoms with Crippen molar-refractivity contribution in [1.82, 2.24) is 4.98 Å². The Balaban J connectivity index is 1.79. The molecule has 3 rings (SSSR count). The molecule has 1 aromatic heterocycles. The molecular weight excluding hydrogens is 278 g/mol. The van der Waals surface area contributed by atoms with Gasteiger partial charge in [-0.25, -0.2) is 4.98 Å². The first-order valence-corrected chi connectivity index (χ1v) is 7.27. The van der Waals surface area contributed by atoms with Gasteiger partial charge in [-0.2, -0.15) is 0 Å². The summed E-state index contributed by atoms with van der Waals surface area (Å²) in [4.78, 5) is 28.1. The highest BCUT2D eigenvalue weighted by Gasteiger charge is 2.23. The smallest absolute Gasteiger partial charge is 0.259 e. The van der Waals surface area contributed by atoms with Crippen molar-refractivity contribution in [2.24, 2.45) is 0 Å². The zero-order chi connectivity index (χ0) is 15.5. The van der Waals surface area contributed by atoms with Gasteiger partial charge in [-0.3, -0.25) is 9.59 Å². The molecule has 1 aliphatic carbocycles. The van der Waals surface area contributed by atoms with Crippen LogP contribution in [-0.4, -0.2) is 22.7 Å². The molecule has 1 heterocycles. The minimum atomic E-state index is -0.239. The molecule has 0 spiro atoms. The molecule has 5 heteroatoms. The Morgan fingerprint density at radius 3 is 2.73 bits per heavy atom. The normalized spacial score (nSPS) is 13.5. The lowest BCUT2D eigenvalue weighted by Gasteiger charge is -2.11. The fourth-order valence-electron chi connectivity index (χ4n) is 2.14. The molecule has 1 fully saturated rings. The van der Waals surface area contributed by atoms with Gasteiger partial charge in [0.05, 0.1) is 5.56 Å². The second-order valence-corrected chi connectivity index (χ2v) is 5.41. The molecule has 1 saturated carbocycles. The predicted molar refractivity (Wildman–Crippen MR) is 85.3 cm³/mol. The highest BCUT2D eigenvalue weighted by Crippen LogP contribution is 2.25. The van der Waals surface area contributed by atoms with Crippen LogP contribution in [0.5, 0.6) is 0 Å². The van der Waals surface area contributed by atoms with E-state index in [2.05, 4.69) is 15.6 Å². The fourth-order valence-corrected chi connectivity index (χ4v) is 2.14. The van der Waals surface area contributed by atoms with Crippen LogP contribution in [0.2, 0.25) is 0 Å². The number of hydrogen-bond acceptors (Lipinski definition) is 4.